The molecule has 0 radical (unpaired) electrons. The van der Waals surface area contributed by atoms with Crippen molar-refractivity contribution in [2.45, 2.75) is 6.18 Å². The number of halogens is 4. The molecule has 0 aliphatic carbocycles. The summed E-state index contributed by atoms with van der Waals surface area (Å²) in [5.74, 6) is 0.494. The second-order valence-corrected chi connectivity index (χ2v) is 6.21. The Hall–Kier alpha value is -3.24. The van der Waals surface area contributed by atoms with Crippen molar-refractivity contribution >= 4 is 17.4 Å². The van der Waals surface area contributed by atoms with E-state index in [4.69, 9.17) is 22.1 Å². The summed E-state index contributed by atoms with van der Waals surface area (Å²) in [6, 6.07) is 13.2. The van der Waals surface area contributed by atoms with Crippen molar-refractivity contribution in [3.05, 3.63) is 64.7 Å². The monoisotopic (exact) mass is 403 g/mol. The normalized spacial score (nSPS) is 11.1. The Labute approximate surface area is 164 Å². The van der Waals surface area contributed by atoms with Crippen molar-refractivity contribution < 1.29 is 17.9 Å². The maximum Gasteiger partial charge on any atom is 0.416 e. The van der Waals surface area contributed by atoms with Crippen LogP contribution in [0.5, 0.6) is 5.75 Å². The highest BCUT2D eigenvalue weighted by Crippen LogP contribution is 2.41. The second kappa shape index (κ2) is 7.41. The molecule has 4 nitrogen and oxygen atoms in total. The van der Waals surface area contributed by atoms with Crippen LogP contribution in [0.3, 0.4) is 0 Å². The minimum Gasteiger partial charge on any atom is -0.497 e. The van der Waals surface area contributed by atoms with Gasteiger partial charge in [-0.15, -0.1) is 0 Å². The van der Waals surface area contributed by atoms with E-state index in [9.17, 15) is 18.4 Å². The number of nitrogens with two attached hydrogens (primary N) is 1. The van der Waals surface area contributed by atoms with Gasteiger partial charge in [0.2, 0.25) is 0 Å². The van der Waals surface area contributed by atoms with E-state index in [1.807, 2.05) is 6.07 Å². The maximum atomic E-state index is 12.8. The van der Waals surface area contributed by atoms with Gasteiger partial charge in [-0.2, -0.15) is 18.4 Å². The summed E-state index contributed by atoms with van der Waals surface area (Å²) in [5, 5.41) is 9.59. The van der Waals surface area contributed by atoms with Crippen LogP contribution in [0.25, 0.3) is 22.4 Å². The van der Waals surface area contributed by atoms with Crippen LogP contribution in [-0.2, 0) is 6.18 Å². The average Bonchev–Trinajstić information content (AvgIpc) is 2.68. The topological polar surface area (TPSA) is 71.9 Å². The fourth-order valence-corrected chi connectivity index (χ4v) is 3.11. The van der Waals surface area contributed by atoms with E-state index < -0.39 is 11.7 Å². The zero-order valence-corrected chi connectivity index (χ0v) is 15.3. The molecule has 2 aromatic carbocycles. The van der Waals surface area contributed by atoms with Gasteiger partial charge >= 0.3 is 6.18 Å². The highest BCUT2D eigenvalue weighted by atomic mass is 35.5. The third kappa shape index (κ3) is 3.59. The number of hydrogen-bond donors (Lipinski definition) is 1. The summed E-state index contributed by atoms with van der Waals surface area (Å²) in [4.78, 5) is 4.22. The van der Waals surface area contributed by atoms with Gasteiger partial charge in [0.05, 0.1) is 23.4 Å². The summed E-state index contributed by atoms with van der Waals surface area (Å²) in [6.07, 6.45) is -4.47. The van der Waals surface area contributed by atoms with Crippen LogP contribution in [0.15, 0.2) is 48.5 Å². The van der Waals surface area contributed by atoms with Gasteiger partial charge in [0.1, 0.15) is 23.2 Å². The summed E-state index contributed by atoms with van der Waals surface area (Å²) in [5.41, 5.74) is 6.58. The summed E-state index contributed by atoms with van der Waals surface area (Å²) in [6.45, 7) is 0. The molecule has 3 rings (SSSR count). The highest BCUT2D eigenvalue weighted by molar-refractivity contribution is 6.36. The molecule has 1 heterocycles. The molecule has 0 atom stereocenters. The molecular weight excluding hydrogens is 391 g/mol. The lowest BCUT2D eigenvalue weighted by molar-refractivity contribution is -0.137. The quantitative estimate of drug-likeness (QED) is 0.622. The van der Waals surface area contributed by atoms with Gasteiger partial charge in [0.15, 0.2) is 0 Å². The second-order valence-electron chi connectivity index (χ2n) is 5.83. The largest absolute Gasteiger partial charge is 0.497 e. The van der Waals surface area contributed by atoms with E-state index in [0.29, 0.717) is 22.6 Å². The van der Waals surface area contributed by atoms with E-state index in [0.717, 1.165) is 12.1 Å². The number of nitriles is 1. The third-order valence-electron chi connectivity index (χ3n) is 4.12. The molecule has 2 N–H and O–H groups in total. The first-order valence-electron chi connectivity index (χ1n) is 7.97. The summed E-state index contributed by atoms with van der Waals surface area (Å²) in [7, 11) is 1.51. The van der Waals surface area contributed by atoms with Crippen LogP contribution >= 0.6 is 11.6 Å². The predicted molar refractivity (Wildman–Crippen MR) is 101 cm³/mol. The molecule has 8 heteroatoms. The molecule has 0 spiro atoms. The van der Waals surface area contributed by atoms with Gasteiger partial charge in [0, 0.05) is 11.1 Å². The van der Waals surface area contributed by atoms with E-state index in [2.05, 4.69) is 4.98 Å². The van der Waals surface area contributed by atoms with Gasteiger partial charge in [-0.25, -0.2) is 4.98 Å². The first-order valence-corrected chi connectivity index (χ1v) is 8.35. The van der Waals surface area contributed by atoms with Crippen LogP contribution in [0.1, 0.15) is 11.1 Å². The molecular formula is C20H13ClF3N3O. The van der Waals surface area contributed by atoms with E-state index in [-0.39, 0.29) is 22.0 Å². The Balaban J connectivity index is 2.23. The predicted octanol–water partition coefficient (Wildman–Crippen LogP) is 5.55. The van der Waals surface area contributed by atoms with Crippen LogP contribution in [0.4, 0.5) is 19.0 Å². The molecule has 0 aliphatic rings. The lowest BCUT2D eigenvalue weighted by Crippen LogP contribution is -2.05. The number of ether oxygens (including phenoxy) is 1. The minimum absolute atomic E-state index is 0.00333. The Morgan fingerprint density at radius 1 is 1.11 bits per heavy atom. The third-order valence-corrected chi connectivity index (χ3v) is 4.49. The van der Waals surface area contributed by atoms with Crippen molar-refractivity contribution in [2.24, 2.45) is 0 Å². The number of methoxy groups -OCH3 is 1. The Morgan fingerprint density at radius 2 is 1.79 bits per heavy atom. The molecule has 0 saturated carbocycles. The molecule has 0 aliphatic heterocycles. The first-order chi connectivity index (χ1) is 13.3. The van der Waals surface area contributed by atoms with Crippen molar-refractivity contribution in [1.29, 1.82) is 5.26 Å². The van der Waals surface area contributed by atoms with Gasteiger partial charge in [-0.1, -0.05) is 35.9 Å². The van der Waals surface area contributed by atoms with Gasteiger partial charge in [-0.05, 0) is 29.8 Å². The molecule has 0 fully saturated rings. The smallest absolute Gasteiger partial charge is 0.416 e. The SMILES string of the molecule is COc1cccc(-c2nc(N)c(C#N)c(-c3ccc(C(F)(F)F)cc3)c2Cl)c1. The fraction of sp³-hybridized carbons (Fsp3) is 0.100. The Kier molecular flexibility index (Phi) is 5.16. The molecule has 0 unspecified atom stereocenters. The standard InChI is InChI=1S/C20H13ClF3N3O/c1-28-14-4-2-3-12(9-14)18-17(21)16(15(10-25)19(26)27-18)11-5-7-13(8-6-11)20(22,23)24/h2-9H,1H3,(H2,26,27). The molecule has 1 aromatic heterocycles. The number of nitrogen functional groups attached to an aromatic ring is 1. The number of nitrogens with zero attached hydrogens (tertiary/aromatic N) is 2. The fourth-order valence-electron chi connectivity index (χ4n) is 2.75. The van der Waals surface area contributed by atoms with Crippen molar-refractivity contribution in [1.82, 2.24) is 4.98 Å². The van der Waals surface area contributed by atoms with Crippen molar-refractivity contribution in [3.8, 4) is 34.2 Å². The number of pyridine rings is 1. The van der Waals surface area contributed by atoms with Gasteiger partial charge < -0.3 is 10.5 Å². The molecule has 142 valence electrons. The molecule has 0 saturated heterocycles. The summed E-state index contributed by atoms with van der Waals surface area (Å²) >= 11 is 6.53. The van der Waals surface area contributed by atoms with Crippen molar-refractivity contribution in [2.75, 3.05) is 12.8 Å². The average molecular weight is 404 g/mol. The van der Waals surface area contributed by atoms with Crippen LogP contribution < -0.4 is 10.5 Å². The minimum atomic E-state index is -4.47. The van der Waals surface area contributed by atoms with Crippen molar-refractivity contribution in [3.63, 3.8) is 0 Å². The zero-order chi connectivity index (χ0) is 20.5. The number of alkyl halides is 3. The Bertz CT molecular complexity index is 1070. The number of rotatable bonds is 3. The maximum absolute atomic E-state index is 12.8. The van der Waals surface area contributed by atoms with E-state index in [1.165, 1.54) is 19.2 Å². The van der Waals surface area contributed by atoms with Crippen LogP contribution in [-0.4, -0.2) is 12.1 Å². The Morgan fingerprint density at radius 3 is 2.36 bits per heavy atom. The number of anilines is 1. The van der Waals surface area contributed by atoms with Crippen LogP contribution in [0, 0.1) is 11.3 Å². The summed E-state index contributed by atoms with van der Waals surface area (Å²) < 4.78 is 43.7. The molecule has 28 heavy (non-hydrogen) atoms. The lowest BCUT2D eigenvalue weighted by atomic mass is 9.97. The van der Waals surface area contributed by atoms with E-state index in [1.54, 1.807) is 24.3 Å². The zero-order valence-electron chi connectivity index (χ0n) is 14.5. The van der Waals surface area contributed by atoms with Gasteiger partial charge in [0.25, 0.3) is 0 Å². The van der Waals surface area contributed by atoms with Crippen LogP contribution in [0.2, 0.25) is 5.02 Å². The molecule has 3 aromatic rings. The van der Waals surface area contributed by atoms with Gasteiger partial charge in [-0.3, -0.25) is 0 Å². The van der Waals surface area contributed by atoms with E-state index >= 15 is 0 Å². The first kappa shape index (κ1) is 19.5. The lowest BCUT2D eigenvalue weighted by Gasteiger charge is -2.15. The molecule has 0 bridgehead atoms. The highest BCUT2D eigenvalue weighted by Gasteiger charge is 2.30. The number of benzene rings is 2. The molecule has 0 amide bonds. The number of aromatic nitrogens is 1. The number of hydrogen-bond acceptors (Lipinski definition) is 4.